The number of halogens is 1. The van der Waals surface area contributed by atoms with Crippen molar-refractivity contribution < 1.29 is 9.13 Å². The fourth-order valence-electron chi connectivity index (χ4n) is 2.92. The number of nitrogens with one attached hydrogen (secondary N) is 1. The number of hydrogen-bond donors (Lipinski definition) is 1. The van der Waals surface area contributed by atoms with E-state index >= 15 is 0 Å². The highest BCUT2D eigenvalue weighted by molar-refractivity contribution is 7.98. The molecule has 0 amide bonds. The van der Waals surface area contributed by atoms with Crippen molar-refractivity contribution in [2.75, 3.05) is 31.2 Å². The Morgan fingerprint density at radius 2 is 2.16 bits per heavy atom. The molecule has 4 rings (SSSR count). The highest BCUT2D eigenvalue weighted by Crippen LogP contribution is 2.28. The van der Waals surface area contributed by atoms with Crippen molar-refractivity contribution in [2.24, 2.45) is 0 Å². The van der Waals surface area contributed by atoms with Gasteiger partial charge in [0.2, 0.25) is 0 Å². The molecule has 25 heavy (non-hydrogen) atoms. The molecule has 5 nitrogen and oxygen atoms in total. The van der Waals surface area contributed by atoms with E-state index in [1.165, 1.54) is 6.07 Å². The van der Waals surface area contributed by atoms with Crippen LogP contribution < -0.4 is 4.90 Å². The summed E-state index contributed by atoms with van der Waals surface area (Å²) in [6, 6.07) is 7.33. The molecule has 0 atom stereocenters. The van der Waals surface area contributed by atoms with Crippen molar-refractivity contribution in [2.45, 2.75) is 17.8 Å². The van der Waals surface area contributed by atoms with E-state index in [1.54, 1.807) is 18.0 Å². The number of fused-ring (bicyclic) bond motifs is 1. The number of ether oxygens (including phenoxy) is 1. The third-order valence-electron chi connectivity index (χ3n) is 4.34. The zero-order valence-corrected chi connectivity index (χ0v) is 14.8. The molecule has 7 heteroatoms. The molecule has 1 aliphatic rings. The lowest BCUT2D eigenvalue weighted by Gasteiger charge is -2.29. The molecule has 0 saturated carbocycles. The maximum absolute atomic E-state index is 14.5. The Hall–Kier alpha value is -2.12. The summed E-state index contributed by atoms with van der Waals surface area (Å²) in [6.07, 6.45) is 1.80. The first-order chi connectivity index (χ1) is 12.2. The lowest BCUT2D eigenvalue weighted by atomic mass is 10.2. The third-order valence-corrected chi connectivity index (χ3v) is 5.23. The molecule has 0 spiro atoms. The molecule has 0 radical (unpaired) electrons. The molecule has 1 aromatic carbocycles. The van der Waals surface area contributed by atoms with E-state index in [9.17, 15) is 4.39 Å². The largest absolute Gasteiger partial charge is 0.378 e. The van der Waals surface area contributed by atoms with Crippen LogP contribution in [0.2, 0.25) is 0 Å². The normalized spacial score (nSPS) is 15.0. The number of morpholine rings is 1. The second-order valence-corrected chi connectivity index (χ2v) is 6.98. The highest BCUT2D eigenvalue weighted by atomic mass is 32.2. The minimum absolute atomic E-state index is 0.227. The van der Waals surface area contributed by atoms with E-state index in [-0.39, 0.29) is 5.82 Å². The van der Waals surface area contributed by atoms with Crippen molar-refractivity contribution in [3.05, 3.63) is 47.5 Å². The SMILES string of the molecule is Cc1cccnc1CSc1nc2cc(N3CCOCC3)c(F)cc2[nH]1. The van der Waals surface area contributed by atoms with E-state index in [0.717, 1.165) is 33.2 Å². The van der Waals surface area contributed by atoms with Gasteiger partial charge in [0.05, 0.1) is 35.6 Å². The first kappa shape index (κ1) is 16.4. The zero-order valence-electron chi connectivity index (χ0n) is 14.0. The predicted octanol–water partition coefficient (Wildman–Crippen LogP) is 3.53. The Balaban J connectivity index is 1.56. The smallest absolute Gasteiger partial charge is 0.166 e. The molecule has 0 bridgehead atoms. The van der Waals surface area contributed by atoms with Crippen LogP contribution in [0.15, 0.2) is 35.6 Å². The summed E-state index contributed by atoms with van der Waals surface area (Å²) in [7, 11) is 0. The number of nitrogens with zero attached hydrogens (tertiary/aromatic N) is 3. The van der Waals surface area contributed by atoms with Gasteiger partial charge in [-0.2, -0.15) is 0 Å². The predicted molar refractivity (Wildman–Crippen MR) is 97.6 cm³/mol. The minimum Gasteiger partial charge on any atom is -0.378 e. The fourth-order valence-corrected chi connectivity index (χ4v) is 3.84. The van der Waals surface area contributed by atoms with E-state index in [0.29, 0.717) is 32.0 Å². The maximum atomic E-state index is 14.5. The van der Waals surface area contributed by atoms with Gasteiger partial charge in [-0.05, 0) is 24.6 Å². The van der Waals surface area contributed by atoms with Gasteiger partial charge < -0.3 is 14.6 Å². The number of H-pyrrole nitrogens is 1. The van der Waals surface area contributed by atoms with Gasteiger partial charge in [0.25, 0.3) is 0 Å². The van der Waals surface area contributed by atoms with Crippen LogP contribution in [0.4, 0.5) is 10.1 Å². The maximum Gasteiger partial charge on any atom is 0.166 e. The molecule has 130 valence electrons. The number of aryl methyl sites for hydroxylation is 1. The Bertz CT molecular complexity index is 892. The number of benzene rings is 1. The van der Waals surface area contributed by atoms with Crippen molar-refractivity contribution in [3.8, 4) is 0 Å². The van der Waals surface area contributed by atoms with E-state index in [1.807, 2.05) is 30.0 Å². The molecule has 0 unspecified atom stereocenters. The summed E-state index contributed by atoms with van der Waals surface area (Å²) in [4.78, 5) is 14.2. The Morgan fingerprint density at radius 3 is 2.96 bits per heavy atom. The Labute approximate surface area is 149 Å². The van der Waals surface area contributed by atoms with Gasteiger partial charge in [0.15, 0.2) is 5.16 Å². The molecular weight excluding hydrogens is 339 g/mol. The van der Waals surface area contributed by atoms with Crippen LogP contribution in [-0.4, -0.2) is 41.3 Å². The second-order valence-electron chi connectivity index (χ2n) is 6.02. The van der Waals surface area contributed by atoms with Crippen LogP contribution in [0.25, 0.3) is 11.0 Å². The van der Waals surface area contributed by atoms with Gasteiger partial charge in [-0.25, -0.2) is 9.37 Å². The molecule has 2 aromatic heterocycles. The summed E-state index contributed by atoms with van der Waals surface area (Å²) >= 11 is 1.58. The van der Waals surface area contributed by atoms with E-state index in [2.05, 4.69) is 15.0 Å². The van der Waals surface area contributed by atoms with Crippen molar-refractivity contribution >= 4 is 28.5 Å². The lowest BCUT2D eigenvalue weighted by Crippen LogP contribution is -2.36. The average molecular weight is 358 g/mol. The van der Waals surface area contributed by atoms with Gasteiger partial charge in [-0.15, -0.1) is 0 Å². The summed E-state index contributed by atoms with van der Waals surface area (Å²) in [5, 5.41) is 0.776. The minimum atomic E-state index is -0.227. The van der Waals surface area contributed by atoms with Crippen molar-refractivity contribution in [3.63, 3.8) is 0 Å². The molecular formula is C18H19FN4OS. The number of pyridine rings is 1. The fraction of sp³-hybridized carbons (Fsp3) is 0.333. The van der Waals surface area contributed by atoms with Crippen molar-refractivity contribution in [1.82, 2.24) is 15.0 Å². The van der Waals surface area contributed by atoms with Gasteiger partial charge in [-0.1, -0.05) is 17.8 Å². The van der Waals surface area contributed by atoms with Crippen LogP contribution in [0.3, 0.4) is 0 Å². The summed E-state index contributed by atoms with van der Waals surface area (Å²) in [6.45, 7) is 4.71. The molecule has 1 N–H and O–H groups in total. The average Bonchev–Trinajstić information content (AvgIpc) is 3.03. The van der Waals surface area contributed by atoms with Crippen LogP contribution in [-0.2, 0) is 10.5 Å². The third kappa shape index (κ3) is 3.48. The number of thioether (sulfide) groups is 1. The summed E-state index contributed by atoms with van der Waals surface area (Å²) < 4.78 is 19.8. The standard InChI is InChI=1S/C18H19FN4OS/c1-12-3-2-4-20-16(12)11-25-18-21-14-9-13(19)17(10-15(14)22-18)23-5-7-24-8-6-23/h2-4,9-10H,5-8,11H2,1H3,(H,21,22). The van der Waals surface area contributed by atoms with Gasteiger partial charge in [0.1, 0.15) is 5.82 Å². The number of imidazole rings is 1. The molecule has 0 aliphatic carbocycles. The van der Waals surface area contributed by atoms with Crippen LogP contribution in [0.1, 0.15) is 11.3 Å². The van der Waals surface area contributed by atoms with Gasteiger partial charge in [0, 0.05) is 31.1 Å². The van der Waals surface area contributed by atoms with Crippen LogP contribution in [0.5, 0.6) is 0 Å². The Morgan fingerprint density at radius 1 is 1.32 bits per heavy atom. The number of rotatable bonds is 4. The molecule has 3 heterocycles. The molecule has 1 saturated heterocycles. The monoisotopic (exact) mass is 358 g/mol. The first-order valence-corrected chi connectivity index (χ1v) is 9.24. The summed E-state index contributed by atoms with van der Waals surface area (Å²) in [5.74, 6) is 0.501. The van der Waals surface area contributed by atoms with Gasteiger partial charge >= 0.3 is 0 Å². The number of hydrogen-bond acceptors (Lipinski definition) is 5. The lowest BCUT2D eigenvalue weighted by molar-refractivity contribution is 0.122. The quantitative estimate of drug-likeness (QED) is 0.723. The zero-order chi connectivity index (χ0) is 17.2. The number of anilines is 1. The van der Waals surface area contributed by atoms with Crippen LogP contribution >= 0.6 is 11.8 Å². The van der Waals surface area contributed by atoms with Crippen LogP contribution in [0, 0.1) is 12.7 Å². The number of aromatic nitrogens is 3. The molecule has 1 aliphatic heterocycles. The Kier molecular flexibility index (Phi) is 4.59. The van der Waals surface area contributed by atoms with E-state index in [4.69, 9.17) is 4.74 Å². The van der Waals surface area contributed by atoms with Gasteiger partial charge in [-0.3, -0.25) is 4.98 Å². The van der Waals surface area contributed by atoms with Crippen molar-refractivity contribution in [1.29, 1.82) is 0 Å². The summed E-state index contributed by atoms with van der Waals surface area (Å²) in [5.41, 5.74) is 4.29. The molecule has 3 aromatic rings. The highest BCUT2D eigenvalue weighted by Gasteiger charge is 2.17. The first-order valence-electron chi connectivity index (χ1n) is 8.26. The van der Waals surface area contributed by atoms with E-state index < -0.39 is 0 Å². The number of aromatic amines is 1. The second kappa shape index (κ2) is 7.01. The topological polar surface area (TPSA) is 54.0 Å². The molecule has 1 fully saturated rings.